The van der Waals surface area contributed by atoms with Crippen LogP contribution in [0.25, 0.3) is 0 Å². The predicted octanol–water partition coefficient (Wildman–Crippen LogP) is 4.65. The largest absolute Gasteiger partial charge is 0.696 e. The molecule has 0 aliphatic heterocycles. The quantitative estimate of drug-likeness (QED) is 0.466. The summed E-state index contributed by atoms with van der Waals surface area (Å²) in [5, 5.41) is 15.8. The molecule has 0 atom stereocenters. The molecule has 1 aliphatic carbocycles. The lowest BCUT2D eigenvalue weighted by Crippen LogP contribution is -2.23. The first kappa shape index (κ1) is 14.8. The molecule has 4 nitrogen and oxygen atoms in total. The molecule has 1 N–H and O–H groups in total. The van der Waals surface area contributed by atoms with Crippen LogP contribution in [0.15, 0.2) is 29.5 Å². The van der Waals surface area contributed by atoms with E-state index in [0.29, 0.717) is 0 Å². The van der Waals surface area contributed by atoms with Crippen LogP contribution >= 0.6 is 0 Å². The smallest absolute Gasteiger partial charge is 0.146 e. The van der Waals surface area contributed by atoms with Crippen LogP contribution in [-0.4, -0.2) is 10.9 Å². The Morgan fingerprint density at radius 3 is 2.55 bits per heavy atom. The highest BCUT2D eigenvalue weighted by molar-refractivity contribution is 5.43. The van der Waals surface area contributed by atoms with Crippen LogP contribution in [0.4, 0.5) is 5.69 Å². The monoisotopic (exact) mass is 275 g/mol. The van der Waals surface area contributed by atoms with Gasteiger partial charge in [0.1, 0.15) is 11.7 Å². The van der Waals surface area contributed by atoms with Crippen molar-refractivity contribution >= 4 is 5.69 Å². The molecule has 1 aromatic carbocycles. The molecule has 1 fully saturated rings. The topological polar surface area (TPSA) is 50.5 Å². The second kappa shape index (κ2) is 7.88. The molecular weight excluding hydrogens is 250 g/mol. The Labute approximate surface area is 121 Å². The van der Waals surface area contributed by atoms with Gasteiger partial charge in [-0.2, -0.15) is 4.86 Å². The van der Waals surface area contributed by atoms with Crippen molar-refractivity contribution in [2.45, 2.75) is 64.3 Å². The van der Waals surface area contributed by atoms with Gasteiger partial charge in [-0.15, -0.1) is 5.43 Å². The van der Waals surface area contributed by atoms with E-state index < -0.39 is 0 Å². The Kier molecular flexibility index (Phi) is 5.84. The highest BCUT2D eigenvalue weighted by Crippen LogP contribution is 2.20. The number of nitrogens with one attached hydrogen (secondary N) is 1. The first-order valence-electron chi connectivity index (χ1n) is 7.81. The molecular formula is C16H25N3O. The summed E-state index contributed by atoms with van der Waals surface area (Å²) in [7, 11) is 0. The minimum absolute atomic E-state index is 0.0556. The molecule has 110 valence electrons. The van der Waals surface area contributed by atoms with E-state index in [2.05, 4.69) is 29.7 Å². The number of unbranched alkanes of at least 4 members (excludes halogenated alkanes) is 1. The molecule has 0 radical (unpaired) electrons. The average Bonchev–Trinajstić information content (AvgIpc) is 2.52. The maximum atomic E-state index is 11.9. The number of nitrogens with zero attached hydrogens (tertiary/aromatic N) is 2. The van der Waals surface area contributed by atoms with Gasteiger partial charge >= 0.3 is 0 Å². The fourth-order valence-electron chi connectivity index (χ4n) is 2.62. The lowest BCUT2D eigenvalue weighted by molar-refractivity contribution is -0.570. The summed E-state index contributed by atoms with van der Waals surface area (Å²) in [5.74, 6) is 0. The maximum absolute atomic E-state index is 11.9. The van der Waals surface area contributed by atoms with Crippen molar-refractivity contribution in [3.63, 3.8) is 0 Å². The van der Waals surface area contributed by atoms with Crippen LogP contribution in [0.5, 0.6) is 0 Å². The third-order valence-electron chi connectivity index (χ3n) is 3.94. The van der Waals surface area contributed by atoms with Gasteiger partial charge in [-0.25, -0.2) is 0 Å². The first-order valence-corrected chi connectivity index (χ1v) is 7.81. The highest BCUT2D eigenvalue weighted by Gasteiger charge is 2.17. The van der Waals surface area contributed by atoms with E-state index in [1.165, 1.54) is 24.8 Å². The molecule has 0 saturated heterocycles. The number of hydrogen-bond acceptors (Lipinski definition) is 2. The van der Waals surface area contributed by atoms with Crippen LogP contribution in [0, 0.1) is 5.21 Å². The number of rotatable bonds is 6. The van der Waals surface area contributed by atoms with Crippen molar-refractivity contribution in [2.24, 2.45) is 5.22 Å². The molecule has 20 heavy (non-hydrogen) atoms. The fraction of sp³-hybridized carbons (Fsp3) is 0.625. The van der Waals surface area contributed by atoms with Crippen molar-refractivity contribution in [2.75, 3.05) is 5.43 Å². The highest BCUT2D eigenvalue weighted by atomic mass is 16.5. The zero-order chi connectivity index (χ0) is 14.2. The van der Waals surface area contributed by atoms with Gasteiger partial charge < -0.3 is 5.21 Å². The summed E-state index contributed by atoms with van der Waals surface area (Å²) in [4.78, 5) is 0.851. The van der Waals surface area contributed by atoms with Gasteiger partial charge in [-0.05, 0) is 56.2 Å². The molecule has 0 heterocycles. The SMILES string of the molecule is CCCCc1ccc(N/N=[N+](\[O-])C2CCCCC2)cc1. The van der Waals surface area contributed by atoms with Crippen molar-refractivity contribution in [3.05, 3.63) is 35.0 Å². The van der Waals surface area contributed by atoms with E-state index in [0.717, 1.165) is 42.7 Å². The molecule has 1 aromatic rings. The molecule has 0 bridgehead atoms. The minimum Gasteiger partial charge on any atom is -0.696 e. The molecule has 0 aromatic heterocycles. The van der Waals surface area contributed by atoms with Gasteiger partial charge in [-0.3, -0.25) is 0 Å². The van der Waals surface area contributed by atoms with E-state index >= 15 is 0 Å². The summed E-state index contributed by atoms with van der Waals surface area (Å²) >= 11 is 0. The van der Waals surface area contributed by atoms with Gasteiger partial charge in [0, 0.05) is 0 Å². The Morgan fingerprint density at radius 2 is 1.90 bits per heavy atom. The summed E-state index contributed by atoms with van der Waals surface area (Å²) < 4.78 is 0. The second-order valence-electron chi connectivity index (χ2n) is 5.61. The van der Waals surface area contributed by atoms with Crippen LogP contribution in [-0.2, 0) is 6.42 Å². The average molecular weight is 275 g/mol. The molecule has 0 unspecified atom stereocenters. The lowest BCUT2D eigenvalue weighted by atomic mass is 9.96. The Morgan fingerprint density at radius 1 is 1.20 bits per heavy atom. The molecule has 1 aliphatic rings. The number of aryl methyl sites for hydroxylation is 1. The molecule has 0 spiro atoms. The van der Waals surface area contributed by atoms with E-state index in [1.807, 2.05) is 12.1 Å². The Hall–Kier alpha value is -1.58. The van der Waals surface area contributed by atoms with Crippen LogP contribution in [0.1, 0.15) is 57.4 Å². The second-order valence-corrected chi connectivity index (χ2v) is 5.61. The third-order valence-corrected chi connectivity index (χ3v) is 3.94. The van der Waals surface area contributed by atoms with Crippen LogP contribution in [0.3, 0.4) is 0 Å². The van der Waals surface area contributed by atoms with Crippen LogP contribution in [0.2, 0.25) is 0 Å². The summed E-state index contributed by atoms with van der Waals surface area (Å²) in [6.07, 6.45) is 9.00. The van der Waals surface area contributed by atoms with E-state index in [4.69, 9.17) is 0 Å². The fourth-order valence-corrected chi connectivity index (χ4v) is 2.62. The zero-order valence-corrected chi connectivity index (χ0v) is 12.3. The number of hydroxylamine groups is 1. The lowest BCUT2D eigenvalue weighted by Gasteiger charge is -2.22. The molecule has 4 heteroatoms. The van der Waals surface area contributed by atoms with Crippen LogP contribution < -0.4 is 5.43 Å². The predicted molar refractivity (Wildman–Crippen MR) is 81.6 cm³/mol. The van der Waals surface area contributed by atoms with E-state index in [-0.39, 0.29) is 6.04 Å². The molecule has 0 amide bonds. The molecule has 1 saturated carbocycles. The first-order chi connectivity index (χ1) is 9.79. The Bertz CT molecular complexity index is 422. The molecule has 2 rings (SSSR count). The number of anilines is 1. The minimum atomic E-state index is 0.0556. The van der Waals surface area contributed by atoms with Crippen molar-refractivity contribution in [1.29, 1.82) is 0 Å². The van der Waals surface area contributed by atoms with Gasteiger partial charge in [0.25, 0.3) is 0 Å². The normalized spacial score (nSPS) is 17.1. The Balaban J connectivity index is 1.85. The summed E-state index contributed by atoms with van der Waals surface area (Å²) in [5.41, 5.74) is 5.08. The summed E-state index contributed by atoms with van der Waals surface area (Å²) in [6, 6.07) is 8.24. The third kappa shape index (κ3) is 4.51. The van der Waals surface area contributed by atoms with Crippen molar-refractivity contribution in [3.8, 4) is 0 Å². The van der Waals surface area contributed by atoms with Gasteiger partial charge in [0.15, 0.2) is 0 Å². The zero-order valence-electron chi connectivity index (χ0n) is 12.3. The maximum Gasteiger partial charge on any atom is 0.146 e. The van der Waals surface area contributed by atoms with Crippen molar-refractivity contribution in [1.82, 2.24) is 0 Å². The van der Waals surface area contributed by atoms with Gasteiger partial charge in [0.05, 0.1) is 5.22 Å². The number of benzene rings is 1. The van der Waals surface area contributed by atoms with E-state index in [1.54, 1.807) is 0 Å². The summed E-state index contributed by atoms with van der Waals surface area (Å²) in [6.45, 7) is 2.20. The van der Waals surface area contributed by atoms with Crippen molar-refractivity contribution < 1.29 is 4.86 Å². The standard InChI is InChI=1S/C16H25N3O/c1-2-3-7-14-10-12-15(13-11-14)17-18-19(20)16-8-5-4-6-9-16/h10-13,16-17H,2-9H2,1H3/b19-18-. The number of hydrogen-bond donors (Lipinski definition) is 1. The van der Waals surface area contributed by atoms with E-state index in [9.17, 15) is 5.21 Å². The van der Waals surface area contributed by atoms with Gasteiger partial charge in [0.2, 0.25) is 0 Å². The van der Waals surface area contributed by atoms with Gasteiger partial charge in [-0.1, -0.05) is 31.9 Å².